The van der Waals surface area contributed by atoms with Crippen LogP contribution in [0.4, 0.5) is 5.69 Å². The van der Waals surface area contributed by atoms with Crippen LogP contribution in [0.15, 0.2) is 59.5 Å². The highest BCUT2D eigenvalue weighted by atomic mass is 32.2. The van der Waals surface area contributed by atoms with Gasteiger partial charge in [0.25, 0.3) is 0 Å². The van der Waals surface area contributed by atoms with Crippen LogP contribution in [-0.2, 0) is 20.2 Å². The monoisotopic (exact) mass is 346 g/mol. The fraction of sp³-hybridized carbons (Fsp3) is 0.278. The highest BCUT2D eigenvalue weighted by molar-refractivity contribution is 7.89. The van der Waals surface area contributed by atoms with E-state index in [0.717, 1.165) is 5.56 Å². The predicted molar refractivity (Wildman–Crippen MR) is 95.4 cm³/mol. The molecule has 2 N–H and O–H groups in total. The molecule has 128 valence electrons. The summed E-state index contributed by atoms with van der Waals surface area (Å²) in [5.74, 6) is -0.419. The Kier molecular flexibility index (Phi) is 5.41. The molecule has 0 aromatic heterocycles. The van der Waals surface area contributed by atoms with Crippen molar-refractivity contribution in [3.63, 3.8) is 0 Å². The van der Waals surface area contributed by atoms with Crippen molar-refractivity contribution in [1.29, 1.82) is 0 Å². The first-order valence-corrected chi connectivity index (χ1v) is 9.12. The predicted octanol–water partition coefficient (Wildman–Crippen LogP) is 2.90. The number of hydrogen-bond donors (Lipinski definition) is 2. The number of amides is 1. The lowest BCUT2D eigenvalue weighted by Crippen LogP contribution is -2.32. The third kappa shape index (κ3) is 4.91. The molecule has 0 aliphatic heterocycles. The molecule has 0 aliphatic rings. The Morgan fingerprint density at radius 2 is 1.54 bits per heavy atom. The second kappa shape index (κ2) is 7.15. The van der Waals surface area contributed by atoms with Gasteiger partial charge in [-0.2, -0.15) is 0 Å². The molecule has 0 heterocycles. The first kappa shape index (κ1) is 18.2. The SMILES string of the molecule is CC(C)(C)c1ccc(NC(=O)CNS(=O)(=O)c2ccccc2)cc1. The summed E-state index contributed by atoms with van der Waals surface area (Å²) in [7, 11) is -3.68. The van der Waals surface area contributed by atoms with Gasteiger partial charge in [-0.1, -0.05) is 51.1 Å². The lowest BCUT2D eigenvalue weighted by Gasteiger charge is -2.19. The molecular formula is C18H22N2O3S. The zero-order valence-corrected chi connectivity index (χ0v) is 14.9. The summed E-state index contributed by atoms with van der Waals surface area (Å²) in [6.45, 7) is 6.01. The highest BCUT2D eigenvalue weighted by Crippen LogP contribution is 2.23. The lowest BCUT2D eigenvalue weighted by atomic mass is 9.87. The summed E-state index contributed by atoms with van der Waals surface area (Å²) >= 11 is 0. The summed E-state index contributed by atoms with van der Waals surface area (Å²) in [5, 5.41) is 2.68. The topological polar surface area (TPSA) is 75.3 Å². The molecule has 0 unspecified atom stereocenters. The molecular weight excluding hydrogens is 324 g/mol. The number of nitrogens with one attached hydrogen (secondary N) is 2. The van der Waals surface area contributed by atoms with Gasteiger partial charge in [0.2, 0.25) is 15.9 Å². The number of carbonyl (C=O) groups is 1. The van der Waals surface area contributed by atoms with Crippen molar-refractivity contribution in [2.24, 2.45) is 0 Å². The molecule has 0 fully saturated rings. The Morgan fingerprint density at radius 3 is 2.08 bits per heavy atom. The smallest absolute Gasteiger partial charge is 0.241 e. The molecule has 5 nitrogen and oxygen atoms in total. The Morgan fingerprint density at radius 1 is 0.958 bits per heavy atom. The normalized spacial score (nSPS) is 12.0. The molecule has 0 saturated carbocycles. The zero-order valence-electron chi connectivity index (χ0n) is 14.0. The minimum Gasteiger partial charge on any atom is -0.325 e. The first-order chi connectivity index (χ1) is 11.2. The van der Waals surface area contributed by atoms with Crippen molar-refractivity contribution in [1.82, 2.24) is 4.72 Å². The second-order valence-corrected chi connectivity index (χ2v) is 8.28. The van der Waals surface area contributed by atoms with Crippen LogP contribution in [0.1, 0.15) is 26.3 Å². The fourth-order valence-corrected chi connectivity index (χ4v) is 3.11. The van der Waals surface area contributed by atoms with E-state index in [1.165, 1.54) is 12.1 Å². The van der Waals surface area contributed by atoms with Gasteiger partial charge in [-0.3, -0.25) is 4.79 Å². The third-order valence-corrected chi connectivity index (χ3v) is 4.93. The standard InChI is InChI=1S/C18H22N2O3S/c1-18(2,3)14-9-11-15(12-10-14)20-17(21)13-19-24(22,23)16-7-5-4-6-8-16/h4-12,19H,13H2,1-3H3,(H,20,21). The van der Waals surface area contributed by atoms with Gasteiger partial charge in [0, 0.05) is 5.69 Å². The third-order valence-electron chi connectivity index (χ3n) is 3.51. The van der Waals surface area contributed by atoms with Crippen molar-refractivity contribution < 1.29 is 13.2 Å². The summed E-state index contributed by atoms with van der Waals surface area (Å²) < 4.78 is 26.4. The number of rotatable bonds is 5. The van der Waals surface area contributed by atoms with Gasteiger partial charge in [0.05, 0.1) is 11.4 Å². The molecule has 2 aromatic rings. The van der Waals surface area contributed by atoms with Gasteiger partial charge in [-0.05, 0) is 35.2 Å². The Labute approximate surface area is 143 Å². The number of benzene rings is 2. The van der Waals surface area contributed by atoms with Gasteiger partial charge in [0.1, 0.15) is 0 Å². The van der Waals surface area contributed by atoms with Crippen LogP contribution in [0.25, 0.3) is 0 Å². The minimum atomic E-state index is -3.68. The quantitative estimate of drug-likeness (QED) is 0.874. The van der Waals surface area contributed by atoms with E-state index in [1.807, 2.05) is 24.3 Å². The molecule has 0 atom stereocenters. The molecule has 0 aliphatic carbocycles. The van der Waals surface area contributed by atoms with Gasteiger partial charge >= 0.3 is 0 Å². The summed E-state index contributed by atoms with van der Waals surface area (Å²) in [6, 6.07) is 15.5. The van der Waals surface area contributed by atoms with Crippen LogP contribution >= 0.6 is 0 Å². The summed E-state index contributed by atoms with van der Waals surface area (Å²) in [4.78, 5) is 12.1. The fourth-order valence-electron chi connectivity index (χ4n) is 2.10. The average molecular weight is 346 g/mol. The molecule has 0 radical (unpaired) electrons. The van der Waals surface area contributed by atoms with E-state index in [0.29, 0.717) is 5.69 Å². The van der Waals surface area contributed by atoms with Crippen LogP contribution in [0, 0.1) is 0 Å². The molecule has 24 heavy (non-hydrogen) atoms. The van der Waals surface area contributed by atoms with E-state index in [1.54, 1.807) is 18.2 Å². The number of carbonyl (C=O) groups excluding carboxylic acids is 1. The van der Waals surface area contributed by atoms with Crippen LogP contribution in [0.2, 0.25) is 0 Å². The van der Waals surface area contributed by atoms with Crippen molar-refractivity contribution in [2.75, 3.05) is 11.9 Å². The largest absolute Gasteiger partial charge is 0.325 e. The molecule has 0 spiro atoms. The Balaban J connectivity index is 1.94. The van der Waals surface area contributed by atoms with Gasteiger partial charge in [-0.25, -0.2) is 13.1 Å². The second-order valence-electron chi connectivity index (χ2n) is 6.51. The maximum absolute atomic E-state index is 12.1. The molecule has 0 bridgehead atoms. The molecule has 6 heteroatoms. The van der Waals surface area contributed by atoms with Crippen molar-refractivity contribution in [2.45, 2.75) is 31.1 Å². The van der Waals surface area contributed by atoms with E-state index in [4.69, 9.17) is 0 Å². The molecule has 2 aromatic carbocycles. The highest BCUT2D eigenvalue weighted by Gasteiger charge is 2.16. The van der Waals surface area contributed by atoms with E-state index >= 15 is 0 Å². The van der Waals surface area contributed by atoms with E-state index in [-0.39, 0.29) is 16.9 Å². The van der Waals surface area contributed by atoms with E-state index in [2.05, 4.69) is 30.8 Å². The van der Waals surface area contributed by atoms with E-state index < -0.39 is 15.9 Å². The molecule has 0 saturated heterocycles. The molecule has 1 amide bonds. The van der Waals surface area contributed by atoms with Gasteiger partial charge in [0.15, 0.2) is 0 Å². The van der Waals surface area contributed by atoms with Crippen molar-refractivity contribution in [3.05, 3.63) is 60.2 Å². The zero-order chi connectivity index (χ0) is 17.8. The van der Waals surface area contributed by atoms with Crippen LogP contribution < -0.4 is 10.0 Å². The van der Waals surface area contributed by atoms with Crippen molar-refractivity contribution >= 4 is 21.6 Å². The number of anilines is 1. The average Bonchev–Trinajstić information content (AvgIpc) is 2.54. The van der Waals surface area contributed by atoms with Gasteiger partial charge in [-0.15, -0.1) is 0 Å². The maximum atomic E-state index is 12.1. The lowest BCUT2D eigenvalue weighted by molar-refractivity contribution is -0.115. The summed E-state index contributed by atoms with van der Waals surface area (Å²) in [6.07, 6.45) is 0. The number of sulfonamides is 1. The minimum absolute atomic E-state index is 0.0356. The maximum Gasteiger partial charge on any atom is 0.241 e. The van der Waals surface area contributed by atoms with Crippen molar-refractivity contribution in [3.8, 4) is 0 Å². The van der Waals surface area contributed by atoms with Crippen LogP contribution in [0.5, 0.6) is 0 Å². The van der Waals surface area contributed by atoms with Crippen LogP contribution in [0.3, 0.4) is 0 Å². The Bertz CT molecular complexity index is 792. The number of hydrogen-bond acceptors (Lipinski definition) is 3. The Hall–Kier alpha value is -2.18. The molecule has 2 rings (SSSR count). The first-order valence-electron chi connectivity index (χ1n) is 7.63. The summed E-state index contributed by atoms with van der Waals surface area (Å²) in [5.41, 5.74) is 1.82. The van der Waals surface area contributed by atoms with E-state index in [9.17, 15) is 13.2 Å². The van der Waals surface area contributed by atoms with Gasteiger partial charge < -0.3 is 5.32 Å². The van der Waals surface area contributed by atoms with Crippen LogP contribution in [-0.4, -0.2) is 20.9 Å².